The van der Waals surface area contributed by atoms with E-state index >= 15 is 0 Å². The highest BCUT2D eigenvalue weighted by molar-refractivity contribution is 9.10. The second-order valence-electron chi connectivity index (χ2n) is 7.42. The molecule has 11 heteroatoms. The summed E-state index contributed by atoms with van der Waals surface area (Å²) >= 11 is 7.66. The molecule has 1 aliphatic rings. The van der Waals surface area contributed by atoms with Crippen LogP contribution in [0.5, 0.6) is 0 Å². The molecule has 0 spiro atoms. The summed E-state index contributed by atoms with van der Waals surface area (Å²) in [6, 6.07) is 6.61. The molecule has 0 aliphatic carbocycles. The number of carboxylic acid groups (broad SMARTS) is 1. The maximum Gasteiger partial charge on any atom is 0.410 e. The van der Waals surface area contributed by atoms with Crippen LogP contribution in [0.1, 0.15) is 33.0 Å². The predicted octanol–water partition coefficient (Wildman–Crippen LogP) is 5.82. The fraction of sp³-hybridized carbons (Fsp3) is 0.364. The van der Waals surface area contributed by atoms with Gasteiger partial charge in [-0.15, -0.1) is 11.3 Å². The summed E-state index contributed by atoms with van der Waals surface area (Å²) in [5.74, 6) is -4.51. The summed E-state index contributed by atoms with van der Waals surface area (Å²) in [6.45, 7) is 0.444. The fourth-order valence-corrected chi connectivity index (χ4v) is 5.56. The summed E-state index contributed by atoms with van der Waals surface area (Å²) in [5, 5.41) is 19.3. The number of carbonyl (C=O) groups excluding carboxylic acids is 1. The van der Waals surface area contributed by atoms with Crippen molar-refractivity contribution in [3.05, 3.63) is 66.7 Å². The number of thiophene rings is 1. The Kier molecular flexibility index (Phi) is 8.65. The Morgan fingerprint density at radius 3 is 2.79 bits per heavy atom. The van der Waals surface area contributed by atoms with E-state index in [0.717, 1.165) is 22.3 Å². The predicted molar refractivity (Wildman–Crippen MR) is 127 cm³/mol. The molecule has 2 N–H and O–H groups in total. The maximum atomic E-state index is 14.7. The van der Waals surface area contributed by atoms with E-state index in [-0.39, 0.29) is 17.0 Å². The highest BCUT2D eigenvalue weighted by Crippen LogP contribution is 2.34. The minimum absolute atomic E-state index is 0.154. The molecule has 1 amide bonds. The van der Waals surface area contributed by atoms with E-state index in [1.54, 1.807) is 6.07 Å². The van der Waals surface area contributed by atoms with E-state index in [2.05, 4.69) is 31.9 Å². The molecule has 1 saturated heterocycles. The van der Waals surface area contributed by atoms with E-state index in [0.29, 0.717) is 34.8 Å². The van der Waals surface area contributed by atoms with E-state index in [1.165, 1.54) is 35.2 Å². The molecule has 33 heavy (non-hydrogen) atoms. The molecule has 3 rings (SSSR count). The van der Waals surface area contributed by atoms with E-state index in [1.807, 2.05) is 0 Å². The topological polar surface area (TPSA) is 87.1 Å². The van der Waals surface area contributed by atoms with Crippen molar-refractivity contribution in [1.29, 1.82) is 0 Å². The lowest BCUT2D eigenvalue weighted by molar-refractivity contribution is -0.0930. The molecular weight excluding hydrogens is 588 g/mol. The number of hydrogen-bond acceptors (Lipinski definition) is 5. The number of rotatable bonds is 9. The van der Waals surface area contributed by atoms with Gasteiger partial charge in [-0.3, -0.25) is 0 Å². The van der Waals surface area contributed by atoms with Crippen molar-refractivity contribution >= 4 is 55.3 Å². The van der Waals surface area contributed by atoms with E-state index in [4.69, 9.17) is 9.84 Å². The van der Waals surface area contributed by atoms with E-state index < -0.39 is 30.1 Å². The van der Waals surface area contributed by atoms with Crippen LogP contribution in [0.2, 0.25) is 0 Å². The van der Waals surface area contributed by atoms with Gasteiger partial charge in [-0.1, -0.05) is 40.2 Å². The molecule has 6 nitrogen and oxygen atoms in total. The first-order valence-corrected chi connectivity index (χ1v) is 12.4. The number of cyclic esters (lactones) is 1. The van der Waals surface area contributed by atoms with Crippen molar-refractivity contribution in [2.75, 3.05) is 13.2 Å². The fourth-order valence-electron chi connectivity index (χ4n) is 3.41. The largest absolute Gasteiger partial charge is 0.477 e. The molecule has 0 saturated carbocycles. The van der Waals surface area contributed by atoms with Crippen molar-refractivity contribution in [2.45, 2.75) is 37.3 Å². The minimum Gasteiger partial charge on any atom is -0.477 e. The highest BCUT2D eigenvalue weighted by Gasteiger charge is 2.39. The average molecular weight is 609 g/mol. The number of aromatic carboxylic acids is 1. The van der Waals surface area contributed by atoms with Crippen LogP contribution in [0.4, 0.5) is 13.6 Å². The van der Waals surface area contributed by atoms with Gasteiger partial charge in [-0.25, -0.2) is 9.59 Å². The first-order chi connectivity index (χ1) is 15.6. The number of carboxylic acids is 1. The number of aliphatic hydroxyl groups is 1. The van der Waals surface area contributed by atoms with Crippen molar-refractivity contribution in [1.82, 2.24) is 4.90 Å². The van der Waals surface area contributed by atoms with Crippen LogP contribution in [0.25, 0.3) is 0 Å². The number of halogens is 4. The van der Waals surface area contributed by atoms with Crippen LogP contribution in [0.3, 0.4) is 0 Å². The summed E-state index contributed by atoms with van der Waals surface area (Å²) in [5.41, 5.74) is -0.323. The number of aliphatic hydroxyl groups excluding tert-OH is 1. The van der Waals surface area contributed by atoms with Gasteiger partial charge in [-0.05, 0) is 47.0 Å². The van der Waals surface area contributed by atoms with Gasteiger partial charge in [0.15, 0.2) is 0 Å². The number of aryl methyl sites for hydroxylation is 1. The highest BCUT2D eigenvalue weighted by atomic mass is 79.9. The minimum atomic E-state index is -3.51. The summed E-state index contributed by atoms with van der Waals surface area (Å²) in [7, 11) is 0. The first-order valence-electron chi connectivity index (χ1n) is 10.0. The van der Waals surface area contributed by atoms with Gasteiger partial charge in [-0.2, -0.15) is 8.78 Å². The van der Waals surface area contributed by atoms with Gasteiger partial charge in [0.25, 0.3) is 0 Å². The maximum absolute atomic E-state index is 14.7. The van der Waals surface area contributed by atoms with Crippen LogP contribution in [0, 0.1) is 0 Å². The van der Waals surface area contributed by atoms with Gasteiger partial charge >= 0.3 is 18.0 Å². The number of ether oxygens (including phenoxy) is 1. The Morgan fingerprint density at radius 2 is 2.12 bits per heavy atom. The molecule has 0 bridgehead atoms. The molecule has 178 valence electrons. The average Bonchev–Trinajstić information content (AvgIpc) is 3.14. The number of alkyl halides is 2. The third kappa shape index (κ3) is 6.40. The number of carbonyl (C=O) groups is 2. The summed E-state index contributed by atoms with van der Waals surface area (Å²) in [4.78, 5) is 25.9. The quantitative estimate of drug-likeness (QED) is 0.350. The number of nitrogens with zero attached hydrogens (tertiary/aromatic N) is 1. The van der Waals surface area contributed by atoms with Crippen molar-refractivity contribution in [3.63, 3.8) is 0 Å². The summed E-state index contributed by atoms with van der Waals surface area (Å²) in [6.07, 6.45) is 1.27. The molecule has 0 radical (unpaired) electrons. The Hall–Kier alpha value is -1.82. The van der Waals surface area contributed by atoms with Crippen LogP contribution < -0.4 is 0 Å². The van der Waals surface area contributed by atoms with Gasteiger partial charge in [0.2, 0.25) is 0 Å². The Balaban J connectivity index is 1.65. The Bertz CT molecular complexity index is 1050. The lowest BCUT2D eigenvalue weighted by Crippen LogP contribution is -2.45. The molecule has 2 aromatic rings. The second-order valence-corrected chi connectivity index (χ2v) is 10.3. The van der Waals surface area contributed by atoms with Crippen LogP contribution in [-0.2, 0) is 17.1 Å². The van der Waals surface area contributed by atoms with Crippen molar-refractivity contribution < 1.29 is 33.3 Å². The lowest BCUT2D eigenvalue weighted by atomic mass is 10.0. The van der Waals surface area contributed by atoms with Gasteiger partial charge in [0, 0.05) is 32.4 Å². The van der Waals surface area contributed by atoms with Crippen LogP contribution >= 0.6 is 43.2 Å². The second kappa shape index (κ2) is 11.1. The lowest BCUT2D eigenvalue weighted by Gasteiger charge is -2.33. The molecule has 1 aromatic heterocycles. The smallest absolute Gasteiger partial charge is 0.410 e. The number of hydrogen-bond donors (Lipinski definition) is 2. The van der Waals surface area contributed by atoms with Crippen LogP contribution in [0.15, 0.2) is 51.4 Å². The molecule has 2 unspecified atom stereocenters. The first kappa shape index (κ1) is 25.8. The molecule has 2 atom stereocenters. The molecular formula is C22H21Br2F2NO5S. The zero-order valence-corrected chi connectivity index (χ0v) is 21.2. The normalized spacial score (nSPS) is 17.9. The standard InChI is InChI=1S/C22H21Br2F2NO5S/c23-14-4-1-3-13(11-14)22(25,26)19(28)7-6-15-8-10-32-21(31)27(15)9-2-5-17-16(24)12-18(33-17)20(29)30/h1,3-4,6-7,11-12,15,19,28H,2,5,8-10H2,(H,29,30)/b7-6+. The van der Waals surface area contributed by atoms with Crippen molar-refractivity contribution in [2.24, 2.45) is 0 Å². The summed E-state index contributed by atoms with van der Waals surface area (Å²) < 4.78 is 35.6. The van der Waals surface area contributed by atoms with Gasteiger partial charge in [0.1, 0.15) is 11.0 Å². The van der Waals surface area contributed by atoms with Gasteiger partial charge < -0.3 is 19.8 Å². The third-order valence-electron chi connectivity index (χ3n) is 5.14. The third-order valence-corrected chi connectivity index (χ3v) is 7.79. The zero-order valence-electron chi connectivity index (χ0n) is 17.2. The van der Waals surface area contributed by atoms with E-state index in [9.17, 15) is 23.5 Å². The molecule has 1 aliphatic heterocycles. The monoisotopic (exact) mass is 607 g/mol. The number of amides is 1. The molecule has 1 fully saturated rings. The Labute approximate surface area is 210 Å². The van der Waals surface area contributed by atoms with Crippen LogP contribution in [-0.4, -0.2) is 52.5 Å². The SMILES string of the molecule is O=C(O)c1cc(Br)c(CCCN2C(=O)OCCC2/C=C/C(O)C(F)(F)c2cccc(Br)c2)s1. The Morgan fingerprint density at radius 1 is 1.36 bits per heavy atom. The molecule has 2 heterocycles. The zero-order chi connectivity index (χ0) is 24.2. The van der Waals surface area contributed by atoms with Crippen molar-refractivity contribution in [3.8, 4) is 0 Å². The number of benzene rings is 1. The molecule has 1 aromatic carbocycles. The van der Waals surface area contributed by atoms with Gasteiger partial charge in [0.05, 0.1) is 12.6 Å².